The third kappa shape index (κ3) is 26.6. The van der Waals surface area contributed by atoms with Crippen LogP contribution >= 0.6 is 11.8 Å². The predicted molar refractivity (Wildman–Crippen MR) is 372 cm³/mol. The van der Waals surface area contributed by atoms with Crippen LogP contribution in [-0.2, 0) is 57.5 Å². The maximum Gasteiger partial charge on any atom is 0.246 e. The van der Waals surface area contributed by atoms with Gasteiger partial charge in [-0.3, -0.25) is 57.6 Å². The molecule has 0 aromatic carbocycles. The second-order valence-electron chi connectivity index (χ2n) is 28.9. The lowest BCUT2D eigenvalue weighted by molar-refractivity contribution is -0.157. The number of carbonyl (C=O) groups excluding carboxylic acids is 11. The first-order valence-electron chi connectivity index (χ1n) is 34.1. The van der Waals surface area contributed by atoms with Crippen LogP contribution in [0.25, 0.3) is 0 Å². The number of hydrogen-bond acceptors (Lipinski definition) is 16. The Hall–Kier alpha value is -5.70. The number of likely N-dealkylation sites (N-methyl/N-ethyl adjacent to an activating group) is 7. The average Bonchev–Trinajstić information content (AvgIpc) is 0.814. The van der Waals surface area contributed by atoms with Crippen LogP contribution in [-0.4, -0.2) is 269 Å². The van der Waals surface area contributed by atoms with Crippen molar-refractivity contribution in [1.82, 2.24) is 55.6 Å². The van der Waals surface area contributed by atoms with Gasteiger partial charge in [0.05, 0.1) is 24.3 Å². The van der Waals surface area contributed by atoms with Gasteiger partial charge in [-0.2, -0.15) is 11.8 Å². The number of rotatable bonds is 22. The Morgan fingerprint density at radius 1 is 0.558 bits per heavy atom. The molecule has 1 aliphatic rings. The van der Waals surface area contributed by atoms with E-state index < -0.39 is 167 Å². The first-order chi connectivity index (χ1) is 43.9. The van der Waals surface area contributed by atoms with Crippen molar-refractivity contribution in [1.29, 1.82) is 0 Å². The van der Waals surface area contributed by atoms with Crippen LogP contribution in [0.5, 0.6) is 0 Å². The fourth-order valence-electron chi connectivity index (χ4n) is 11.8. The minimum absolute atomic E-state index is 0.00214. The molecule has 0 unspecified atom stereocenters. The molecule has 26 heteroatoms. The summed E-state index contributed by atoms with van der Waals surface area (Å²) in [5.41, 5.74) is -1.50. The molecule has 0 aromatic heterocycles. The van der Waals surface area contributed by atoms with Gasteiger partial charge in [-0.05, 0) is 128 Å². The zero-order valence-corrected chi connectivity index (χ0v) is 63.2. The van der Waals surface area contributed by atoms with Crippen molar-refractivity contribution in [3.8, 4) is 0 Å². The largest absolute Gasteiger partial charge is 0.390 e. The van der Waals surface area contributed by atoms with Crippen molar-refractivity contribution in [2.75, 3.05) is 81.1 Å². The third-order valence-corrected chi connectivity index (χ3v) is 18.9. The molecule has 0 radical (unpaired) electrons. The lowest BCUT2D eigenvalue weighted by Crippen LogP contribution is -2.64. The summed E-state index contributed by atoms with van der Waals surface area (Å²) in [5.74, 6) is -9.07. The summed E-state index contributed by atoms with van der Waals surface area (Å²) < 4.78 is 5.25. The van der Waals surface area contributed by atoms with Crippen LogP contribution in [0.1, 0.15) is 169 Å². The van der Waals surface area contributed by atoms with E-state index >= 15 is 28.8 Å². The van der Waals surface area contributed by atoms with Gasteiger partial charge >= 0.3 is 0 Å². The maximum atomic E-state index is 15.3. The minimum atomic E-state index is -1.64. The van der Waals surface area contributed by atoms with Crippen molar-refractivity contribution in [3.05, 3.63) is 12.2 Å². The molecular formula is C69H125N11O14S. The monoisotopic (exact) mass is 1360 g/mol. The summed E-state index contributed by atoms with van der Waals surface area (Å²) in [6, 6.07) is -13.9. The molecule has 1 aliphatic heterocycles. The SMILES string of the molecule is CC=CC[C@@H](C)[C@@H](O)[C@H]1C(=O)N[C@@H](CC)C(=O)N(C)[C@H](CSCCCCOC)C(=O)CN(C)[C@@H](CC(C)(C)O)C(=O)N[C@@H](C(C)C)C(=O)N(C)[C@@H](CC(C)C)C(=O)N[C@@H](C)C(=O)N[C@H](C)C(=O)N(C)[C@@H](CC(C)C)C(=O)N(C)[C@@H](CC(C)C)C(=O)N(C)[C@@H](C(C)C)C(=O)N1C. The van der Waals surface area contributed by atoms with Crippen LogP contribution in [0.3, 0.4) is 0 Å². The fraction of sp³-hybridized carbons (Fsp3) is 0.812. The Bertz CT molecular complexity index is 2560. The molecule has 1 fully saturated rings. The van der Waals surface area contributed by atoms with Crippen molar-refractivity contribution in [2.24, 2.45) is 35.5 Å². The molecule has 25 nitrogen and oxygen atoms in total. The highest BCUT2D eigenvalue weighted by molar-refractivity contribution is 7.99. The van der Waals surface area contributed by atoms with Crippen LogP contribution in [0.15, 0.2) is 12.2 Å². The first-order valence-corrected chi connectivity index (χ1v) is 35.2. The van der Waals surface area contributed by atoms with Crippen molar-refractivity contribution < 1.29 is 67.7 Å². The molecule has 1 heterocycles. The van der Waals surface area contributed by atoms with Gasteiger partial charge in [-0.1, -0.05) is 95.2 Å². The number of ketones is 1. The summed E-state index contributed by atoms with van der Waals surface area (Å²) in [4.78, 5) is 172. The number of amides is 10. The lowest BCUT2D eigenvalue weighted by Gasteiger charge is -2.41. The Morgan fingerprint density at radius 2 is 1.03 bits per heavy atom. The van der Waals surface area contributed by atoms with Crippen molar-refractivity contribution in [3.63, 3.8) is 0 Å². The van der Waals surface area contributed by atoms with Crippen molar-refractivity contribution in [2.45, 2.75) is 247 Å². The second kappa shape index (κ2) is 40.9. The second-order valence-corrected chi connectivity index (χ2v) is 30.1. The quantitative estimate of drug-likeness (QED) is 0.0660. The molecule has 95 heavy (non-hydrogen) atoms. The highest BCUT2D eigenvalue weighted by atomic mass is 32.2. The lowest BCUT2D eigenvalue weighted by atomic mass is 9.91. The maximum absolute atomic E-state index is 15.3. The van der Waals surface area contributed by atoms with E-state index in [4.69, 9.17) is 4.74 Å². The number of nitrogens with one attached hydrogen (secondary N) is 4. The first kappa shape index (κ1) is 87.3. The number of Topliss-reactive ketones (excluding diaryl/α,β-unsaturated/α-hetero) is 1. The predicted octanol–water partition coefficient (Wildman–Crippen LogP) is 3.95. The number of allylic oxidation sites excluding steroid dienone is 2. The van der Waals surface area contributed by atoms with Gasteiger partial charge in [0, 0.05) is 68.2 Å². The molecular weight excluding hydrogens is 1240 g/mol. The van der Waals surface area contributed by atoms with Gasteiger partial charge < -0.3 is 65.6 Å². The van der Waals surface area contributed by atoms with Crippen LogP contribution in [0.2, 0.25) is 0 Å². The van der Waals surface area contributed by atoms with E-state index in [2.05, 4.69) is 21.3 Å². The van der Waals surface area contributed by atoms with Gasteiger partial charge in [0.25, 0.3) is 0 Å². The number of hydrogen-bond donors (Lipinski definition) is 6. The summed E-state index contributed by atoms with van der Waals surface area (Å²) in [6.07, 6.45) is 4.01. The van der Waals surface area contributed by atoms with E-state index in [1.807, 2.05) is 47.6 Å². The number of aliphatic hydroxyl groups is 2. The van der Waals surface area contributed by atoms with E-state index in [0.717, 1.165) is 17.7 Å². The molecule has 1 saturated heterocycles. The van der Waals surface area contributed by atoms with Gasteiger partial charge in [0.1, 0.15) is 60.4 Å². The Morgan fingerprint density at radius 3 is 1.52 bits per heavy atom. The van der Waals surface area contributed by atoms with Crippen molar-refractivity contribution >= 4 is 76.6 Å². The fourth-order valence-corrected chi connectivity index (χ4v) is 13.0. The van der Waals surface area contributed by atoms with E-state index in [1.54, 1.807) is 61.7 Å². The number of methoxy groups -OCH3 is 1. The highest BCUT2D eigenvalue weighted by Crippen LogP contribution is 2.27. The number of aliphatic hydroxyl groups excluding tert-OH is 1. The number of nitrogens with zero attached hydrogens (tertiary/aromatic N) is 7. The molecule has 13 atom stereocenters. The molecule has 0 aromatic rings. The summed E-state index contributed by atoms with van der Waals surface area (Å²) >= 11 is 1.42. The topological polar surface area (TPSA) is 308 Å². The molecule has 0 bridgehead atoms. The number of carbonyl (C=O) groups is 11. The Labute approximate surface area is 573 Å². The van der Waals surface area contributed by atoms with Gasteiger partial charge in [0.15, 0.2) is 5.78 Å². The van der Waals surface area contributed by atoms with E-state index in [0.29, 0.717) is 18.8 Å². The number of unbranched alkanes of at least 4 members (excludes halogenated alkanes) is 1. The summed E-state index contributed by atoms with van der Waals surface area (Å²) in [7, 11) is 11.7. The third-order valence-electron chi connectivity index (χ3n) is 17.8. The average molecular weight is 1360 g/mol. The van der Waals surface area contributed by atoms with Gasteiger partial charge in [-0.25, -0.2) is 0 Å². The van der Waals surface area contributed by atoms with Gasteiger partial charge in [-0.15, -0.1) is 0 Å². The molecule has 0 aliphatic carbocycles. The Balaban J connectivity index is 4.50. The van der Waals surface area contributed by atoms with E-state index in [-0.39, 0.29) is 55.6 Å². The smallest absolute Gasteiger partial charge is 0.246 e. The highest BCUT2D eigenvalue weighted by Gasteiger charge is 2.46. The Kier molecular flexibility index (Phi) is 37.6. The number of thioether (sulfide) groups is 1. The van der Waals surface area contributed by atoms with E-state index in [9.17, 15) is 34.2 Å². The van der Waals surface area contributed by atoms with Crippen LogP contribution < -0.4 is 21.3 Å². The molecule has 546 valence electrons. The van der Waals surface area contributed by atoms with Crippen LogP contribution in [0, 0.1) is 35.5 Å². The molecule has 6 N–H and O–H groups in total. The molecule has 10 amide bonds. The van der Waals surface area contributed by atoms with Gasteiger partial charge in [0.2, 0.25) is 59.1 Å². The normalized spacial score (nSPS) is 26.6. The summed E-state index contributed by atoms with van der Waals surface area (Å²) in [5, 5.41) is 34.7. The zero-order valence-electron chi connectivity index (χ0n) is 62.4. The number of ether oxygens (including phenoxy) is 1. The van der Waals surface area contributed by atoms with E-state index in [1.165, 1.54) is 118 Å². The van der Waals surface area contributed by atoms with Crippen LogP contribution in [0.4, 0.5) is 0 Å². The summed E-state index contributed by atoms with van der Waals surface area (Å²) in [6.45, 7) is 29.2. The molecule has 0 saturated carbocycles. The standard InChI is InChI=1S/C69H125N11O14S/c1-26-28-31-45(13)58(82)57-62(86)72-48(27-2)64(88)78(22)53(39-95-33-30-29-32-94-25)54(81)38-74(18)52(37-69(16,17)93)61(85)73-55(43(9)10)67(91)75(19)49(34-40(3)4)60(84)70-46(14)59(83)71-47(15)63(87)76(20)50(35-41(5)6)65(89)77(21)51(36-42(7)8)66(90)79(23)56(44(11)12)68(92)80(57)24/h26,28,40-53,55-58,82,93H,27,29-39H2,1-25H3,(H,70,84)(H,71,83)(H,72,86)(H,73,85)/t45-,46+,47-,48+,49+,50+,51+,52+,53-,55+,56+,57+,58-/m1/s1. The zero-order chi connectivity index (χ0) is 73.4. The minimum Gasteiger partial charge on any atom is -0.390 e. The molecule has 0 spiro atoms. The molecule has 1 rings (SSSR count).